The third-order valence-electron chi connectivity index (χ3n) is 5.92. The zero-order valence-corrected chi connectivity index (χ0v) is 20.0. The molecule has 0 spiro atoms. The van der Waals surface area contributed by atoms with Crippen LogP contribution >= 0.6 is 0 Å². The Labute approximate surface area is 194 Å². The summed E-state index contributed by atoms with van der Waals surface area (Å²) in [5.41, 5.74) is -0.470. The number of carbonyl (C=O) groups is 2. The van der Waals surface area contributed by atoms with Crippen LogP contribution in [0.15, 0.2) is 53.4 Å². The van der Waals surface area contributed by atoms with E-state index in [0.717, 1.165) is 23.6 Å². The number of hydrogen-bond donors (Lipinski definition) is 1. The lowest BCUT2D eigenvalue weighted by Gasteiger charge is -2.35. The molecule has 9 heteroatoms. The zero-order valence-electron chi connectivity index (χ0n) is 19.2. The summed E-state index contributed by atoms with van der Waals surface area (Å²) < 4.78 is 37.9. The maximum Gasteiger partial charge on any atom is 0.331 e. The molecule has 0 bridgehead atoms. The van der Waals surface area contributed by atoms with E-state index >= 15 is 0 Å². The Balaban J connectivity index is 1.85. The Morgan fingerprint density at radius 3 is 2.33 bits per heavy atom. The summed E-state index contributed by atoms with van der Waals surface area (Å²) >= 11 is 0. The van der Waals surface area contributed by atoms with Crippen LogP contribution in [0.5, 0.6) is 5.75 Å². The molecular formula is C24H30N2O6S. The lowest BCUT2D eigenvalue weighted by atomic mass is 9.81. The molecule has 8 nitrogen and oxygen atoms in total. The Morgan fingerprint density at radius 1 is 1.06 bits per heavy atom. The number of esters is 1. The summed E-state index contributed by atoms with van der Waals surface area (Å²) in [6.45, 7) is 1.95. The monoisotopic (exact) mass is 474 g/mol. The maximum atomic E-state index is 13.2. The fraction of sp³-hybridized carbons (Fsp3) is 0.417. The molecule has 0 unspecified atom stereocenters. The van der Waals surface area contributed by atoms with E-state index in [1.165, 1.54) is 38.4 Å². The van der Waals surface area contributed by atoms with Crippen molar-refractivity contribution in [3.8, 4) is 5.75 Å². The van der Waals surface area contributed by atoms with Gasteiger partial charge >= 0.3 is 5.97 Å². The lowest BCUT2D eigenvalue weighted by molar-refractivity contribution is -0.152. The van der Waals surface area contributed by atoms with E-state index in [2.05, 4.69) is 5.32 Å². The fourth-order valence-corrected chi connectivity index (χ4v) is 5.22. The largest absolute Gasteiger partial charge is 0.497 e. The van der Waals surface area contributed by atoms with Gasteiger partial charge in [-0.1, -0.05) is 25.3 Å². The van der Waals surface area contributed by atoms with Crippen LogP contribution in [0.1, 0.15) is 49.4 Å². The minimum absolute atomic E-state index is 0.0257. The third-order valence-corrected chi connectivity index (χ3v) is 7.70. The highest BCUT2D eigenvalue weighted by atomic mass is 32.2. The summed E-state index contributed by atoms with van der Waals surface area (Å²) in [6, 6.07) is 12.4. The number of rotatable bonds is 8. The van der Waals surface area contributed by atoms with E-state index in [1.54, 1.807) is 31.2 Å². The number of sulfonamides is 1. The number of benzene rings is 2. The first kappa shape index (κ1) is 24.6. The highest BCUT2D eigenvalue weighted by molar-refractivity contribution is 7.92. The van der Waals surface area contributed by atoms with Gasteiger partial charge in [0.15, 0.2) is 0 Å². The van der Waals surface area contributed by atoms with Gasteiger partial charge in [0.2, 0.25) is 0 Å². The van der Waals surface area contributed by atoms with Crippen molar-refractivity contribution < 1.29 is 27.5 Å². The van der Waals surface area contributed by atoms with E-state index in [1.807, 2.05) is 0 Å². The molecule has 0 heterocycles. The van der Waals surface area contributed by atoms with Crippen molar-refractivity contribution in [1.82, 2.24) is 5.32 Å². The first-order valence-corrected chi connectivity index (χ1v) is 12.4. The number of nitrogens with zero attached hydrogens (tertiary/aromatic N) is 1. The van der Waals surface area contributed by atoms with Gasteiger partial charge in [-0.15, -0.1) is 0 Å². The second-order valence-electron chi connectivity index (χ2n) is 8.02. The summed E-state index contributed by atoms with van der Waals surface area (Å²) in [5, 5.41) is 2.85. The smallest absolute Gasteiger partial charge is 0.331 e. The first-order chi connectivity index (χ1) is 15.7. The predicted molar refractivity (Wildman–Crippen MR) is 125 cm³/mol. The second-order valence-corrected chi connectivity index (χ2v) is 9.99. The standard InChI is InChI=1S/C24H30N2O6S/c1-4-32-23(28)24(15-6-5-7-16-24)25-22(27)18-9-8-10-21(17-18)33(29,30)26(2)19-11-13-20(31-3)14-12-19/h8-14,17H,4-7,15-16H2,1-3H3,(H,25,27). The van der Waals surface area contributed by atoms with Gasteiger partial charge in [-0.05, 0) is 62.2 Å². The van der Waals surface area contributed by atoms with Crippen molar-refractivity contribution in [2.45, 2.75) is 49.5 Å². The molecule has 1 amide bonds. The minimum Gasteiger partial charge on any atom is -0.497 e. The van der Waals surface area contributed by atoms with E-state index in [0.29, 0.717) is 24.3 Å². The Morgan fingerprint density at radius 2 is 1.73 bits per heavy atom. The van der Waals surface area contributed by atoms with E-state index in [9.17, 15) is 18.0 Å². The van der Waals surface area contributed by atoms with Crippen LogP contribution in [0.4, 0.5) is 5.69 Å². The van der Waals surface area contributed by atoms with E-state index in [4.69, 9.17) is 9.47 Å². The molecule has 0 saturated heterocycles. The van der Waals surface area contributed by atoms with Crippen molar-refractivity contribution in [3.05, 3.63) is 54.1 Å². The molecule has 1 aliphatic rings. The average Bonchev–Trinajstić information content (AvgIpc) is 2.84. The second kappa shape index (κ2) is 10.2. The Hall–Kier alpha value is -3.07. The fourth-order valence-electron chi connectivity index (χ4n) is 3.98. The SMILES string of the molecule is CCOC(=O)C1(NC(=O)c2cccc(S(=O)(=O)N(C)c3ccc(OC)cc3)c2)CCCCC1. The molecule has 3 rings (SSSR count). The van der Waals surface area contributed by atoms with Gasteiger partial charge in [-0.2, -0.15) is 0 Å². The van der Waals surface area contributed by atoms with Gasteiger partial charge in [-0.3, -0.25) is 9.10 Å². The van der Waals surface area contributed by atoms with Crippen molar-refractivity contribution in [2.75, 3.05) is 25.1 Å². The number of carbonyl (C=O) groups excluding carboxylic acids is 2. The number of anilines is 1. The van der Waals surface area contributed by atoms with Crippen molar-refractivity contribution in [1.29, 1.82) is 0 Å². The third kappa shape index (κ3) is 5.30. The quantitative estimate of drug-likeness (QED) is 0.588. The number of nitrogens with one attached hydrogen (secondary N) is 1. The van der Waals surface area contributed by atoms with Crippen molar-refractivity contribution in [2.24, 2.45) is 0 Å². The van der Waals surface area contributed by atoms with E-state index < -0.39 is 27.4 Å². The summed E-state index contributed by atoms with van der Waals surface area (Å²) in [7, 11) is -0.941. The van der Waals surface area contributed by atoms with Gasteiger partial charge in [0, 0.05) is 12.6 Å². The lowest BCUT2D eigenvalue weighted by Crippen LogP contribution is -2.56. The van der Waals surface area contributed by atoms with Crippen LogP contribution in [0.3, 0.4) is 0 Å². The molecular weight excluding hydrogens is 444 g/mol. The summed E-state index contributed by atoms with van der Waals surface area (Å²) in [4.78, 5) is 25.7. The van der Waals surface area contributed by atoms with Crippen LogP contribution in [-0.2, 0) is 19.6 Å². The highest BCUT2D eigenvalue weighted by Crippen LogP contribution is 2.30. The normalized spacial score (nSPS) is 15.4. The van der Waals surface area contributed by atoms with Gasteiger partial charge in [0.25, 0.3) is 15.9 Å². The van der Waals surface area contributed by atoms with Crippen molar-refractivity contribution in [3.63, 3.8) is 0 Å². The molecule has 33 heavy (non-hydrogen) atoms. The molecule has 178 valence electrons. The van der Waals surface area contributed by atoms with Gasteiger partial charge in [0.1, 0.15) is 11.3 Å². The average molecular weight is 475 g/mol. The molecule has 1 N–H and O–H groups in total. The number of ether oxygens (including phenoxy) is 2. The minimum atomic E-state index is -3.92. The van der Waals surface area contributed by atoms with Gasteiger partial charge < -0.3 is 14.8 Å². The van der Waals surface area contributed by atoms with Crippen LogP contribution in [0, 0.1) is 0 Å². The Kier molecular flexibility index (Phi) is 7.63. The Bertz CT molecular complexity index is 1090. The molecule has 0 atom stereocenters. The summed E-state index contributed by atoms with van der Waals surface area (Å²) in [5.74, 6) is -0.336. The van der Waals surface area contributed by atoms with Crippen LogP contribution in [-0.4, -0.2) is 46.6 Å². The topological polar surface area (TPSA) is 102 Å². The number of hydrogen-bond acceptors (Lipinski definition) is 6. The van der Waals surface area contributed by atoms with Crippen LogP contribution in [0.25, 0.3) is 0 Å². The van der Waals surface area contributed by atoms with Gasteiger partial charge in [0.05, 0.1) is 24.3 Å². The van der Waals surface area contributed by atoms with Crippen molar-refractivity contribution >= 4 is 27.6 Å². The number of amides is 1. The highest BCUT2D eigenvalue weighted by Gasteiger charge is 2.42. The predicted octanol–water partition coefficient (Wildman–Crippen LogP) is 3.52. The van der Waals surface area contributed by atoms with E-state index in [-0.39, 0.29) is 17.1 Å². The van der Waals surface area contributed by atoms with Gasteiger partial charge in [-0.25, -0.2) is 13.2 Å². The van der Waals surface area contributed by atoms with Crippen LogP contribution < -0.4 is 14.4 Å². The first-order valence-electron chi connectivity index (χ1n) is 11.0. The zero-order chi connectivity index (χ0) is 24.1. The maximum absolute atomic E-state index is 13.2. The molecule has 2 aromatic carbocycles. The molecule has 0 aromatic heterocycles. The molecule has 1 saturated carbocycles. The molecule has 0 aliphatic heterocycles. The summed E-state index contributed by atoms with van der Waals surface area (Å²) in [6.07, 6.45) is 3.59. The number of methoxy groups -OCH3 is 1. The molecule has 0 radical (unpaired) electrons. The van der Waals surface area contributed by atoms with Crippen LogP contribution in [0.2, 0.25) is 0 Å². The molecule has 1 aliphatic carbocycles. The molecule has 1 fully saturated rings. The molecule has 2 aromatic rings.